The molecular formula is C16H15ClFNO3. The Kier molecular flexibility index (Phi) is 4.88. The number of nitrogens with one attached hydrogen (secondary N) is 1. The van der Waals surface area contributed by atoms with Crippen molar-refractivity contribution < 1.29 is 19.0 Å². The molecule has 0 spiro atoms. The second kappa shape index (κ2) is 6.66. The van der Waals surface area contributed by atoms with E-state index in [1.54, 1.807) is 13.0 Å². The molecule has 0 aliphatic heterocycles. The van der Waals surface area contributed by atoms with Crippen molar-refractivity contribution in [2.45, 2.75) is 13.5 Å². The maximum Gasteiger partial charge on any atom is 0.251 e. The molecule has 22 heavy (non-hydrogen) atoms. The fraction of sp³-hybridized carbons (Fsp3) is 0.188. The molecule has 0 fully saturated rings. The number of phenols is 1. The van der Waals surface area contributed by atoms with E-state index in [9.17, 15) is 9.18 Å². The number of carbonyl (C=O) groups excluding carboxylic acids is 1. The molecule has 1 amide bonds. The minimum Gasteiger partial charge on any atom is -0.505 e. The molecule has 2 aromatic carbocycles. The molecule has 0 aromatic heterocycles. The SMILES string of the molecule is COc1cc(C)c(C(=O)NCc2ccc(O)c(F)c2)cc1Cl. The van der Waals surface area contributed by atoms with E-state index in [0.717, 1.165) is 5.56 Å². The zero-order valence-electron chi connectivity index (χ0n) is 12.1. The number of ether oxygens (including phenoxy) is 1. The lowest BCUT2D eigenvalue weighted by Gasteiger charge is -2.11. The number of carbonyl (C=O) groups is 1. The molecule has 0 bridgehead atoms. The average molecular weight is 324 g/mol. The van der Waals surface area contributed by atoms with Gasteiger partial charge in [-0.2, -0.15) is 0 Å². The van der Waals surface area contributed by atoms with Crippen molar-refractivity contribution in [3.8, 4) is 11.5 Å². The summed E-state index contributed by atoms with van der Waals surface area (Å²) in [5, 5.41) is 12.1. The van der Waals surface area contributed by atoms with E-state index in [2.05, 4.69) is 5.32 Å². The van der Waals surface area contributed by atoms with Crippen LogP contribution in [0.4, 0.5) is 4.39 Å². The number of aromatic hydroxyl groups is 1. The lowest BCUT2D eigenvalue weighted by Crippen LogP contribution is -2.23. The largest absolute Gasteiger partial charge is 0.505 e. The van der Waals surface area contributed by atoms with E-state index < -0.39 is 11.6 Å². The quantitative estimate of drug-likeness (QED) is 0.906. The van der Waals surface area contributed by atoms with E-state index in [4.69, 9.17) is 21.4 Å². The Balaban J connectivity index is 2.12. The molecule has 116 valence electrons. The Morgan fingerprint density at radius 3 is 2.73 bits per heavy atom. The number of hydrogen-bond acceptors (Lipinski definition) is 3. The number of benzene rings is 2. The highest BCUT2D eigenvalue weighted by Gasteiger charge is 2.13. The van der Waals surface area contributed by atoms with Gasteiger partial charge in [-0.3, -0.25) is 4.79 Å². The number of rotatable bonds is 4. The Morgan fingerprint density at radius 2 is 2.09 bits per heavy atom. The van der Waals surface area contributed by atoms with Crippen molar-refractivity contribution in [2.75, 3.05) is 7.11 Å². The summed E-state index contributed by atoms with van der Waals surface area (Å²) < 4.78 is 18.3. The van der Waals surface area contributed by atoms with Crippen molar-refractivity contribution in [3.63, 3.8) is 0 Å². The first-order valence-corrected chi connectivity index (χ1v) is 6.90. The van der Waals surface area contributed by atoms with Gasteiger partial charge < -0.3 is 15.2 Å². The molecule has 2 rings (SSSR count). The molecule has 4 nitrogen and oxygen atoms in total. The van der Waals surface area contributed by atoms with Crippen LogP contribution >= 0.6 is 11.6 Å². The van der Waals surface area contributed by atoms with Gasteiger partial charge in [-0.25, -0.2) is 4.39 Å². The van der Waals surface area contributed by atoms with Crippen LogP contribution in [0.3, 0.4) is 0 Å². The summed E-state index contributed by atoms with van der Waals surface area (Å²) in [5.41, 5.74) is 1.68. The standard InChI is InChI=1S/C16H15ClFNO3/c1-9-5-15(22-2)12(17)7-11(9)16(21)19-8-10-3-4-14(20)13(18)6-10/h3-7,20H,8H2,1-2H3,(H,19,21). The minimum absolute atomic E-state index is 0.138. The van der Waals surface area contributed by atoms with Crippen molar-refractivity contribution in [2.24, 2.45) is 0 Å². The second-order valence-corrected chi connectivity index (χ2v) is 5.18. The molecule has 6 heteroatoms. The zero-order chi connectivity index (χ0) is 16.3. The predicted molar refractivity (Wildman–Crippen MR) is 82.0 cm³/mol. The van der Waals surface area contributed by atoms with Crippen LogP contribution in [0, 0.1) is 12.7 Å². The molecule has 0 aliphatic carbocycles. The number of phenolic OH excluding ortho intramolecular Hbond substituents is 1. The Labute approximate surface area is 132 Å². The molecule has 0 saturated carbocycles. The molecule has 0 saturated heterocycles. The third-order valence-electron chi connectivity index (χ3n) is 3.21. The van der Waals surface area contributed by atoms with E-state index in [1.165, 1.54) is 31.4 Å². The van der Waals surface area contributed by atoms with Crippen molar-refractivity contribution >= 4 is 17.5 Å². The van der Waals surface area contributed by atoms with Gasteiger partial charge in [0.2, 0.25) is 0 Å². The fourth-order valence-corrected chi connectivity index (χ4v) is 2.23. The van der Waals surface area contributed by atoms with Gasteiger partial charge in [0.15, 0.2) is 11.6 Å². The van der Waals surface area contributed by atoms with E-state index in [0.29, 0.717) is 21.9 Å². The summed E-state index contributed by atoms with van der Waals surface area (Å²) in [7, 11) is 1.50. The smallest absolute Gasteiger partial charge is 0.251 e. The number of halogens is 2. The topological polar surface area (TPSA) is 58.6 Å². The third kappa shape index (κ3) is 3.49. The fourth-order valence-electron chi connectivity index (χ4n) is 1.99. The van der Waals surface area contributed by atoms with Crippen LogP contribution in [0.5, 0.6) is 11.5 Å². The van der Waals surface area contributed by atoms with E-state index >= 15 is 0 Å². The van der Waals surface area contributed by atoms with E-state index in [1.807, 2.05) is 0 Å². The van der Waals surface area contributed by atoms with Crippen LogP contribution < -0.4 is 10.1 Å². The molecule has 0 aliphatic rings. The Morgan fingerprint density at radius 1 is 1.36 bits per heavy atom. The molecule has 2 N–H and O–H groups in total. The van der Waals surface area contributed by atoms with Gasteiger partial charge in [-0.1, -0.05) is 17.7 Å². The van der Waals surface area contributed by atoms with Crippen molar-refractivity contribution in [1.82, 2.24) is 5.32 Å². The minimum atomic E-state index is -0.726. The first kappa shape index (κ1) is 16.1. The lowest BCUT2D eigenvalue weighted by atomic mass is 10.1. The van der Waals surface area contributed by atoms with Crippen molar-refractivity contribution in [3.05, 3.63) is 57.9 Å². The van der Waals surface area contributed by atoms with Gasteiger partial charge in [-0.05, 0) is 42.3 Å². The summed E-state index contributed by atoms with van der Waals surface area (Å²) in [5.74, 6) is -0.977. The summed E-state index contributed by atoms with van der Waals surface area (Å²) in [6, 6.07) is 7.16. The van der Waals surface area contributed by atoms with Gasteiger partial charge in [0, 0.05) is 12.1 Å². The molecule has 0 unspecified atom stereocenters. The first-order chi connectivity index (χ1) is 10.4. The second-order valence-electron chi connectivity index (χ2n) is 4.77. The Hall–Kier alpha value is -2.27. The average Bonchev–Trinajstić information content (AvgIpc) is 2.50. The molecule has 0 radical (unpaired) electrons. The molecule has 0 heterocycles. The van der Waals surface area contributed by atoms with Crippen molar-refractivity contribution in [1.29, 1.82) is 0 Å². The van der Waals surface area contributed by atoms with Crippen LogP contribution in [0.2, 0.25) is 5.02 Å². The number of methoxy groups -OCH3 is 1. The number of hydrogen-bond donors (Lipinski definition) is 2. The Bertz CT molecular complexity index is 719. The monoisotopic (exact) mass is 323 g/mol. The normalized spacial score (nSPS) is 10.4. The predicted octanol–water partition coefficient (Wildman–Crippen LogP) is 3.43. The highest BCUT2D eigenvalue weighted by molar-refractivity contribution is 6.32. The van der Waals surface area contributed by atoms with E-state index in [-0.39, 0.29) is 12.5 Å². The zero-order valence-corrected chi connectivity index (χ0v) is 12.9. The molecular weight excluding hydrogens is 309 g/mol. The summed E-state index contributed by atoms with van der Waals surface area (Å²) in [6.07, 6.45) is 0. The summed E-state index contributed by atoms with van der Waals surface area (Å²) in [4.78, 5) is 12.2. The maximum atomic E-state index is 13.2. The van der Waals surface area contributed by atoms with Crippen LogP contribution in [0.25, 0.3) is 0 Å². The molecule has 2 aromatic rings. The van der Waals surface area contributed by atoms with Crippen LogP contribution in [0.1, 0.15) is 21.5 Å². The van der Waals surface area contributed by atoms with Gasteiger partial charge >= 0.3 is 0 Å². The van der Waals surface area contributed by atoms with Gasteiger partial charge in [0.05, 0.1) is 12.1 Å². The van der Waals surface area contributed by atoms with Crippen LogP contribution in [0.15, 0.2) is 30.3 Å². The van der Waals surface area contributed by atoms with Crippen LogP contribution in [-0.4, -0.2) is 18.1 Å². The maximum absolute atomic E-state index is 13.2. The number of amides is 1. The molecule has 0 atom stereocenters. The lowest BCUT2D eigenvalue weighted by molar-refractivity contribution is 0.0950. The number of aryl methyl sites for hydroxylation is 1. The van der Waals surface area contributed by atoms with Crippen LogP contribution in [-0.2, 0) is 6.54 Å². The third-order valence-corrected chi connectivity index (χ3v) is 3.50. The first-order valence-electron chi connectivity index (χ1n) is 6.52. The van der Waals surface area contributed by atoms with Gasteiger partial charge in [0.25, 0.3) is 5.91 Å². The van der Waals surface area contributed by atoms with Gasteiger partial charge in [-0.15, -0.1) is 0 Å². The highest BCUT2D eigenvalue weighted by atomic mass is 35.5. The highest BCUT2D eigenvalue weighted by Crippen LogP contribution is 2.27. The summed E-state index contributed by atoms with van der Waals surface area (Å²) >= 11 is 6.02. The summed E-state index contributed by atoms with van der Waals surface area (Å²) in [6.45, 7) is 1.91. The van der Waals surface area contributed by atoms with Gasteiger partial charge in [0.1, 0.15) is 5.75 Å².